The number of carbonyl (C=O) groups is 1. The predicted octanol–water partition coefficient (Wildman–Crippen LogP) is 5.46. The summed E-state index contributed by atoms with van der Waals surface area (Å²) in [7, 11) is 1.65. The van der Waals surface area contributed by atoms with Crippen LogP contribution in [0.15, 0.2) is 54.7 Å². The maximum Gasteiger partial charge on any atom is 0.224 e. The normalized spacial score (nSPS) is 17.6. The predicted molar refractivity (Wildman–Crippen MR) is 136 cm³/mol. The highest BCUT2D eigenvalue weighted by Gasteiger charge is 2.36. The number of methoxy groups -OCH3 is 1. The number of rotatable bonds is 7. The molecular weight excluding hydrogens is 424 g/mol. The summed E-state index contributed by atoms with van der Waals surface area (Å²) in [5, 5.41) is 11.4. The third-order valence-electron chi connectivity index (χ3n) is 6.73. The van der Waals surface area contributed by atoms with Crippen LogP contribution in [0.3, 0.4) is 0 Å². The van der Waals surface area contributed by atoms with Gasteiger partial charge in [-0.3, -0.25) is 4.79 Å². The molecule has 0 bridgehead atoms. The Hall–Kier alpha value is -3.28. The number of hydrogen-bond acceptors (Lipinski definition) is 4. The second-order valence-corrected chi connectivity index (χ2v) is 10.2. The van der Waals surface area contributed by atoms with Gasteiger partial charge in [0.15, 0.2) is 0 Å². The van der Waals surface area contributed by atoms with E-state index in [0.717, 1.165) is 35.5 Å². The Labute approximate surface area is 202 Å². The van der Waals surface area contributed by atoms with Gasteiger partial charge >= 0.3 is 0 Å². The van der Waals surface area contributed by atoms with Crippen LogP contribution >= 0.6 is 0 Å². The molecule has 2 aromatic carbocycles. The van der Waals surface area contributed by atoms with E-state index < -0.39 is 0 Å². The molecule has 3 aromatic rings. The first-order chi connectivity index (χ1) is 16.3. The zero-order chi connectivity index (χ0) is 24.3. The van der Waals surface area contributed by atoms with Crippen molar-refractivity contribution in [3.05, 3.63) is 77.0 Å². The SMILES string of the molecule is CCc1ccc([C@@H]2C[C@H](C(C)(C)C)n3ncc(CC(=O)NCc4ccc(OC)cc4)c3N2)cc1. The molecule has 180 valence electrons. The minimum Gasteiger partial charge on any atom is -0.497 e. The summed E-state index contributed by atoms with van der Waals surface area (Å²) >= 11 is 0. The average molecular weight is 461 g/mol. The molecule has 4 rings (SSSR count). The maximum atomic E-state index is 12.8. The van der Waals surface area contributed by atoms with Crippen molar-refractivity contribution in [3.63, 3.8) is 0 Å². The highest BCUT2D eigenvalue weighted by Crippen LogP contribution is 2.44. The maximum absolute atomic E-state index is 12.8. The smallest absolute Gasteiger partial charge is 0.224 e. The monoisotopic (exact) mass is 460 g/mol. The first-order valence-electron chi connectivity index (χ1n) is 12.1. The second-order valence-electron chi connectivity index (χ2n) is 10.2. The fourth-order valence-electron chi connectivity index (χ4n) is 4.57. The zero-order valence-electron chi connectivity index (χ0n) is 20.9. The number of carbonyl (C=O) groups excluding carboxylic acids is 1. The lowest BCUT2D eigenvalue weighted by Gasteiger charge is -2.40. The summed E-state index contributed by atoms with van der Waals surface area (Å²) in [5.41, 5.74) is 4.61. The molecule has 6 nitrogen and oxygen atoms in total. The summed E-state index contributed by atoms with van der Waals surface area (Å²) in [5.74, 6) is 1.74. The molecule has 0 saturated heterocycles. The van der Waals surface area contributed by atoms with Gasteiger partial charge in [0.05, 0.1) is 31.8 Å². The number of ether oxygens (including phenoxy) is 1. The van der Waals surface area contributed by atoms with Crippen LogP contribution in [0.1, 0.15) is 68.5 Å². The minimum absolute atomic E-state index is 0.0184. The van der Waals surface area contributed by atoms with E-state index in [1.165, 1.54) is 11.1 Å². The summed E-state index contributed by atoms with van der Waals surface area (Å²) in [4.78, 5) is 12.8. The van der Waals surface area contributed by atoms with Crippen molar-refractivity contribution in [2.24, 2.45) is 5.41 Å². The third kappa shape index (κ3) is 5.27. The van der Waals surface area contributed by atoms with Gasteiger partial charge in [0, 0.05) is 12.1 Å². The molecule has 0 unspecified atom stereocenters. The van der Waals surface area contributed by atoms with E-state index in [4.69, 9.17) is 9.84 Å². The number of aromatic nitrogens is 2. The van der Waals surface area contributed by atoms with Gasteiger partial charge in [-0.2, -0.15) is 5.10 Å². The van der Waals surface area contributed by atoms with Crippen molar-refractivity contribution in [1.82, 2.24) is 15.1 Å². The highest BCUT2D eigenvalue weighted by atomic mass is 16.5. The molecule has 1 aliphatic rings. The van der Waals surface area contributed by atoms with E-state index in [1.54, 1.807) is 7.11 Å². The first-order valence-corrected chi connectivity index (χ1v) is 12.1. The van der Waals surface area contributed by atoms with Gasteiger partial charge in [-0.15, -0.1) is 0 Å². The number of nitrogens with zero attached hydrogens (tertiary/aromatic N) is 2. The molecule has 2 N–H and O–H groups in total. The third-order valence-corrected chi connectivity index (χ3v) is 6.73. The van der Waals surface area contributed by atoms with Gasteiger partial charge < -0.3 is 15.4 Å². The summed E-state index contributed by atoms with van der Waals surface area (Å²) in [6.45, 7) is 9.43. The number of aryl methyl sites for hydroxylation is 1. The standard InChI is InChI=1S/C28H36N4O2/c1-6-19-7-11-21(12-8-19)24-16-25(28(2,3)4)32-27(31-24)22(18-30-32)15-26(33)29-17-20-9-13-23(34-5)14-10-20/h7-14,18,24-25,31H,6,15-17H2,1-5H3,(H,29,33)/t24-,25+/m0/s1. The van der Waals surface area contributed by atoms with Gasteiger partial charge in [-0.1, -0.05) is 64.1 Å². The number of fused-ring (bicyclic) bond motifs is 1. The lowest BCUT2D eigenvalue weighted by atomic mass is 9.80. The molecule has 0 spiro atoms. The lowest BCUT2D eigenvalue weighted by Crippen LogP contribution is -2.35. The van der Waals surface area contributed by atoms with Gasteiger partial charge in [0.1, 0.15) is 11.6 Å². The fourth-order valence-corrected chi connectivity index (χ4v) is 4.57. The van der Waals surface area contributed by atoms with Crippen molar-refractivity contribution in [2.45, 2.75) is 65.6 Å². The first kappa shape index (κ1) is 23.9. The number of anilines is 1. The topological polar surface area (TPSA) is 68.2 Å². The van der Waals surface area contributed by atoms with Crippen molar-refractivity contribution in [1.29, 1.82) is 0 Å². The summed E-state index contributed by atoms with van der Waals surface area (Å²) in [6.07, 6.45) is 4.12. The number of amides is 1. The van der Waals surface area contributed by atoms with Crippen molar-refractivity contribution < 1.29 is 9.53 Å². The van der Waals surface area contributed by atoms with Crippen LogP contribution in [0.25, 0.3) is 0 Å². The van der Waals surface area contributed by atoms with Gasteiger partial charge in [0.25, 0.3) is 0 Å². The number of nitrogens with one attached hydrogen (secondary N) is 2. The number of benzene rings is 2. The quantitative estimate of drug-likeness (QED) is 0.491. The Bertz CT molecular complexity index is 1110. The molecule has 1 aromatic heterocycles. The fraction of sp³-hybridized carbons (Fsp3) is 0.429. The Balaban J connectivity index is 1.50. The van der Waals surface area contributed by atoms with E-state index in [0.29, 0.717) is 6.54 Å². The van der Waals surface area contributed by atoms with Crippen LogP contribution < -0.4 is 15.4 Å². The molecule has 0 aliphatic carbocycles. The van der Waals surface area contributed by atoms with Crippen LogP contribution in [0.4, 0.5) is 5.82 Å². The summed E-state index contributed by atoms with van der Waals surface area (Å²) in [6, 6.07) is 17.0. The van der Waals surface area contributed by atoms with E-state index in [-0.39, 0.29) is 29.8 Å². The molecule has 6 heteroatoms. The molecular formula is C28H36N4O2. The van der Waals surface area contributed by atoms with Crippen molar-refractivity contribution in [3.8, 4) is 5.75 Å². The second kappa shape index (κ2) is 9.92. The van der Waals surface area contributed by atoms with Crippen LogP contribution in [0.5, 0.6) is 5.75 Å². The molecule has 2 heterocycles. The van der Waals surface area contributed by atoms with Crippen LogP contribution in [0, 0.1) is 5.41 Å². The molecule has 1 amide bonds. The van der Waals surface area contributed by atoms with Crippen molar-refractivity contribution in [2.75, 3.05) is 12.4 Å². The minimum atomic E-state index is -0.0184. The molecule has 0 saturated carbocycles. The Morgan fingerprint density at radius 3 is 2.41 bits per heavy atom. The van der Waals surface area contributed by atoms with Gasteiger partial charge in [-0.05, 0) is 47.1 Å². The van der Waals surface area contributed by atoms with E-state index in [2.05, 4.69) is 67.3 Å². The summed E-state index contributed by atoms with van der Waals surface area (Å²) < 4.78 is 7.29. The van der Waals surface area contributed by atoms with Gasteiger partial charge in [-0.25, -0.2) is 4.68 Å². The van der Waals surface area contributed by atoms with E-state index in [1.807, 2.05) is 30.5 Å². The molecule has 0 radical (unpaired) electrons. The van der Waals surface area contributed by atoms with Gasteiger partial charge in [0.2, 0.25) is 5.91 Å². The lowest BCUT2D eigenvalue weighted by molar-refractivity contribution is -0.120. The largest absolute Gasteiger partial charge is 0.497 e. The molecule has 2 atom stereocenters. The van der Waals surface area contributed by atoms with Crippen LogP contribution in [-0.4, -0.2) is 22.8 Å². The number of hydrogen-bond donors (Lipinski definition) is 2. The molecule has 34 heavy (non-hydrogen) atoms. The van der Waals surface area contributed by atoms with E-state index >= 15 is 0 Å². The Morgan fingerprint density at radius 2 is 1.79 bits per heavy atom. The molecule has 1 aliphatic heterocycles. The van der Waals surface area contributed by atoms with E-state index in [9.17, 15) is 4.79 Å². The van der Waals surface area contributed by atoms with Crippen molar-refractivity contribution >= 4 is 11.7 Å². The Morgan fingerprint density at radius 1 is 1.12 bits per heavy atom. The Kier molecular flexibility index (Phi) is 6.96. The highest BCUT2D eigenvalue weighted by molar-refractivity contribution is 5.80. The average Bonchev–Trinajstić information content (AvgIpc) is 3.24. The van der Waals surface area contributed by atoms with Crippen LogP contribution in [0.2, 0.25) is 0 Å². The zero-order valence-corrected chi connectivity index (χ0v) is 20.9. The molecule has 0 fully saturated rings. The van der Waals surface area contributed by atoms with Crippen LogP contribution in [-0.2, 0) is 24.2 Å².